The first-order valence-corrected chi connectivity index (χ1v) is 5.57. The Hall–Kier alpha value is -1.69. The molecule has 0 saturated carbocycles. The maximum Gasteiger partial charge on any atom is 0.315 e. The molecule has 0 aliphatic heterocycles. The summed E-state index contributed by atoms with van der Waals surface area (Å²) < 4.78 is 26.2. The molecule has 18 heavy (non-hydrogen) atoms. The Balaban J connectivity index is 2.64. The SMILES string of the molecule is CC(CO)NC(=O)NC(C)c1ccc(F)cc1F. The highest BCUT2D eigenvalue weighted by Crippen LogP contribution is 2.17. The third-order valence-electron chi connectivity index (χ3n) is 2.43. The summed E-state index contributed by atoms with van der Waals surface area (Å²) in [5.74, 6) is -1.38. The first-order chi connectivity index (χ1) is 8.43. The van der Waals surface area contributed by atoms with Crippen LogP contribution in [0.4, 0.5) is 13.6 Å². The molecule has 0 aromatic heterocycles. The third-order valence-corrected chi connectivity index (χ3v) is 2.43. The van der Waals surface area contributed by atoms with E-state index in [-0.39, 0.29) is 12.2 Å². The minimum Gasteiger partial charge on any atom is -0.394 e. The molecule has 1 aromatic carbocycles. The molecule has 2 amide bonds. The number of benzene rings is 1. The van der Waals surface area contributed by atoms with Crippen molar-refractivity contribution < 1.29 is 18.7 Å². The number of amides is 2. The molecular formula is C12H16F2N2O2. The number of nitrogens with one attached hydrogen (secondary N) is 2. The Morgan fingerprint density at radius 2 is 2.00 bits per heavy atom. The zero-order valence-corrected chi connectivity index (χ0v) is 10.2. The molecule has 6 heteroatoms. The van der Waals surface area contributed by atoms with Crippen LogP contribution in [-0.2, 0) is 0 Å². The fourth-order valence-corrected chi connectivity index (χ4v) is 1.44. The highest BCUT2D eigenvalue weighted by Gasteiger charge is 2.15. The molecule has 0 fully saturated rings. The van der Waals surface area contributed by atoms with Crippen molar-refractivity contribution in [2.75, 3.05) is 6.61 Å². The summed E-state index contributed by atoms with van der Waals surface area (Å²) >= 11 is 0. The Kier molecular flexibility index (Phi) is 5.03. The van der Waals surface area contributed by atoms with E-state index in [1.807, 2.05) is 0 Å². The van der Waals surface area contributed by atoms with E-state index < -0.39 is 29.7 Å². The summed E-state index contributed by atoms with van der Waals surface area (Å²) in [6, 6.07) is 1.66. The number of aliphatic hydroxyl groups is 1. The van der Waals surface area contributed by atoms with Crippen LogP contribution in [0.3, 0.4) is 0 Å². The number of halogens is 2. The van der Waals surface area contributed by atoms with E-state index in [1.54, 1.807) is 13.8 Å². The number of rotatable bonds is 4. The van der Waals surface area contributed by atoms with Gasteiger partial charge < -0.3 is 15.7 Å². The fourth-order valence-electron chi connectivity index (χ4n) is 1.44. The van der Waals surface area contributed by atoms with E-state index >= 15 is 0 Å². The summed E-state index contributed by atoms with van der Waals surface area (Å²) in [5, 5.41) is 13.7. The zero-order chi connectivity index (χ0) is 13.7. The van der Waals surface area contributed by atoms with Gasteiger partial charge in [0.25, 0.3) is 0 Å². The molecule has 0 saturated heterocycles. The quantitative estimate of drug-likeness (QED) is 0.770. The number of hydrogen-bond donors (Lipinski definition) is 3. The molecule has 1 rings (SSSR count). The number of carbonyl (C=O) groups excluding carboxylic acids is 1. The smallest absolute Gasteiger partial charge is 0.315 e. The van der Waals surface area contributed by atoms with Crippen molar-refractivity contribution in [1.82, 2.24) is 10.6 Å². The van der Waals surface area contributed by atoms with Crippen LogP contribution in [0.2, 0.25) is 0 Å². The van der Waals surface area contributed by atoms with Crippen molar-refractivity contribution in [3.8, 4) is 0 Å². The highest BCUT2D eigenvalue weighted by atomic mass is 19.1. The Labute approximate surface area is 104 Å². The molecule has 0 radical (unpaired) electrons. The van der Waals surface area contributed by atoms with Gasteiger partial charge in [-0.3, -0.25) is 0 Å². The van der Waals surface area contributed by atoms with Crippen LogP contribution >= 0.6 is 0 Å². The highest BCUT2D eigenvalue weighted by molar-refractivity contribution is 5.74. The van der Waals surface area contributed by atoms with Crippen molar-refractivity contribution in [2.45, 2.75) is 25.9 Å². The van der Waals surface area contributed by atoms with Crippen molar-refractivity contribution >= 4 is 6.03 Å². The summed E-state index contributed by atoms with van der Waals surface area (Å²) in [7, 11) is 0. The van der Waals surface area contributed by atoms with Gasteiger partial charge in [-0.15, -0.1) is 0 Å². The molecule has 2 atom stereocenters. The lowest BCUT2D eigenvalue weighted by Crippen LogP contribution is -2.43. The average molecular weight is 258 g/mol. The third kappa shape index (κ3) is 3.96. The number of aliphatic hydroxyl groups excluding tert-OH is 1. The fraction of sp³-hybridized carbons (Fsp3) is 0.417. The first kappa shape index (κ1) is 14.4. The van der Waals surface area contributed by atoms with Crippen LogP contribution in [0.25, 0.3) is 0 Å². The van der Waals surface area contributed by atoms with E-state index in [1.165, 1.54) is 6.07 Å². The molecule has 2 unspecified atom stereocenters. The van der Waals surface area contributed by atoms with Crippen LogP contribution < -0.4 is 10.6 Å². The molecule has 100 valence electrons. The van der Waals surface area contributed by atoms with Crippen LogP contribution in [0.15, 0.2) is 18.2 Å². The lowest BCUT2D eigenvalue weighted by molar-refractivity contribution is 0.218. The molecule has 0 bridgehead atoms. The maximum atomic E-state index is 13.4. The van der Waals surface area contributed by atoms with Gasteiger partial charge in [0.15, 0.2) is 0 Å². The molecular weight excluding hydrogens is 242 g/mol. The first-order valence-electron chi connectivity index (χ1n) is 5.57. The second-order valence-corrected chi connectivity index (χ2v) is 4.09. The normalized spacial score (nSPS) is 13.8. The van der Waals surface area contributed by atoms with E-state index in [2.05, 4.69) is 10.6 Å². The predicted molar refractivity (Wildman–Crippen MR) is 63.0 cm³/mol. The lowest BCUT2D eigenvalue weighted by Gasteiger charge is -2.17. The molecule has 3 N–H and O–H groups in total. The minimum atomic E-state index is -0.710. The molecule has 1 aromatic rings. The molecule has 0 aliphatic carbocycles. The van der Waals surface area contributed by atoms with Gasteiger partial charge >= 0.3 is 6.03 Å². The number of urea groups is 1. The minimum absolute atomic E-state index is 0.188. The molecule has 4 nitrogen and oxygen atoms in total. The monoisotopic (exact) mass is 258 g/mol. The standard InChI is InChI=1S/C12H16F2N2O2/c1-7(6-17)15-12(18)16-8(2)10-4-3-9(13)5-11(10)14/h3-5,7-8,17H,6H2,1-2H3,(H2,15,16,18). The lowest BCUT2D eigenvalue weighted by atomic mass is 10.1. The van der Waals surface area contributed by atoms with E-state index in [0.29, 0.717) is 0 Å². The van der Waals surface area contributed by atoms with Gasteiger partial charge in [-0.05, 0) is 19.9 Å². The van der Waals surface area contributed by atoms with Gasteiger partial charge in [-0.25, -0.2) is 13.6 Å². The predicted octanol–water partition coefficient (Wildman–Crippen LogP) is 1.71. The van der Waals surface area contributed by atoms with Gasteiger partial charge in [-0.1, -0.05) is 6.07 Å². The van der Waals surface area contributed by atoms with Crippen molar-refractivity contribution in [2.24, 2.45) is 0 Å². The summed E-state index contributed by atoms with van der Waals surface area (Å²) in [4.78, 5) is 11.4. The topological polar surface area (TPSA) is 61.4 Å². The van der Waals surface area contributed by atoms with Crippen molar-refractivity contribution in [3.05, 3.63) is 35.4 Å². The average Bonchev–Trinajstić information content (AvgIpc) is 2.28. The van der Waals surface area contributed by atoms with E-state index in [4.69, 9.17) is 5.11 Å². The molecule has 0 aliphatic rings. The largest absolute Gasteiger partial charge is 0.394 e. The van der Waals surface area contributed by atoms with Crippen LogP contribution in [0.5, 0.6) is 0 Å². The second-order valence-electron chi connectivity index (χ2n) is 4.09. The van der Waals surface area contributed by atoms with Gasteiger partial charge in [-0.2, -0.15) is 0 Å². The Bertz CT molecular complexity index is 427. The Morgan fingerprint density at radius 1 is 1.33 bits per heavy atom. The summed E-state index contributed by atoms with van der Waals surface area (Å²) in [6.07, 6.45) is 0. The van der Waals surface area contributed by atoms with Crippen LogP contribution in [0.1, 0.15) is 25.5 Å². The summed E-state index contributed by atoms with van der Waals surface area (Å²) in [5.41, 5.74) is 0.197. The van der Waals surface area contributed by atoms with Gasteiger partial charge in [0, 0.05) is 11.6 Å². The van der Waals surface area contributed by atoms with E-state index in [9.17, 15) is 13.6 Å². The Morgan fingerprint density at radius 3 is 2.56 bits per heavy atom. The second kappa shape index (κ2) is 6.30. The van der Waals surface area contributed by atoms with Crippen LogP contribution in [0, 0.1) is 11.6 Å². The number of hydrogen-bond acceptors (Lipinski definition) is 2. The zero-order valence-electron chi connectivity index (χ0n) is 10.2. The van der Waals surface area contributed by atoms with Crippen LogP contribution in [-0.4, -0.2) is 23.8 Å². The molecule has 0 heterocycles. The molecule has 0 spiro atoms. The van der Waals surface area contributed by atoms with Gasteiger partial charge in [0.05, 0.1) is 18.7 Å². The van der Waals surface area contributed by atoms with Gasteiger partial charge in [0.2, 0.25) is 0 Å². The number of carbonyl (C=O) groups is 1. The van der Waals surface area contributed by atoms with Gasteiger partial charge in [0.1, 0.15) is 11.6 Å². The summed E-state index contributed by atoms with van der Waals surface area (Å²) in [6.45, 7) is 3.02. The van der Waals surface area contributed by atoms with Crippen molar-refractivity contribution in [3.63, 3.8) is 0 Å². The van der Waals surface area contributed by atoms with Crippen molar-refractivity contribution in [1.29, 1.82) is 0 Å². The maximum absolute atomic E-state index is 13.4. The van der Waals surface area contributed by atoms with E-state index in [0.717, 1.165) is 12.1 Å².